The summed E-state index contributed by atoms with van der Waals surface area (Å²) in [4.78, 5) is 35.7. The van der Waals surface area contributed by atoms with Crippen molar-refractivity contribution in [1.82, 2.24) is 15.3 Å². The van der Waals surface area contributed by atoms with Crippen LogP contribution < -0.4 is 5.43 Å². The van der Waals surface area contributed by atoms with Crippen LogP contribution in [-0.4, -0.2) is 48.4 Å². The molecular weight excluding hydrogens is 242 g/mol. The van der Waals surface area contributed by atoms with Gasteiger partial charge in [-0.1, -0.05) is 0 Å². The van der Waals surface area contributed by atoms with Crippen LogP contribution in [0, 0.1) is 0 Å². The molecule has 1 N–H and O–H groups in total. The number of amides is 3. The fourth-order valence-electron chi connectivity index (χ4n) is 1.60. The largest absolute Gasteiger partial charge is 0.465 e. The lowest BCUT2D eigenvalue weighted by Gasteiger charge is -2.19. The van der Waals surface area contributed by atoms with E-state index in [2.05, 4.69) is 14.9 Å². The van der Waals surface area contributed by atoms with E-state index < -0.39 is 24.3 Å². The van der Waals surface area contributed by atoms with E-state index in [1.807, 2.05) is 0 Å². The topological polar surface area (TPSA) is 88.2 Å². The SMILES string of the molecule is COC(=O)C1=CN2C(=O)N(C(=O)OC)NC2C=C1. The summed E-state index contributed by atoms with van der Waals surface area (Å²) in [5.74, 6) is -0.561. The second-order valence-electron chi connectivity index (χ2n) is 3.50. The highest BCUT2D eigenvalue weighted by Gasteiger charge is 2.40. The normalized spacial score (nSPS) is 21.6. The summed E-state index contributed by atoms with van der Waals surface area (Å²) < 4.78 is 8.99. The Hall–Kier alpha value is -2.35. The molecule has 0 aromatic carbocycles. The van der Waals surface area contributed by atoms with Gasteiger partial charge in [-0.25, -0.2) is 14.4 Å². The molecule has 0 aromatic rings. The van der Waals surface area contributed by atoms with Crippen LogP contribution in [0.4, 0.5) is 9.59 Å². The lowest BCUT2D eigenvalue weighted by molar-refractivity contribution is -0.135. The molecule has 0 saturated carbocycles. The van der Waals surface area contributed by atoms with E-state index >= 15 is 0 Å². The predicted molar refractivity (Wildman–Crippen MR) is 57.6 cm³/mol. The average Bonchev–Trinajstić information content (AvgIpc) is 2.74. The molecule has 1 atom stereocenters. The Labute approximate surface area is 102 Å². The number of esters is 1. The molecule has 1 unspecified atom stereocenters. The van der Waals surface area contributed by atoms with Crippen LogP contribution >= 0.6 is 0 Å². The Morgan fingerprint density at radius 1 is 1.33 bits per heavy atom. The lowest BCUT2D eigenvalue weighted by atomic mass is 10.2. The van der Waals surface area contributed by atoms with E-state index in [9.17, 15) is 14.4 Å². The van der Waals surface area contributed by atoms with Gasteiger partial charge in [-0.2, -0.15) is 10.4 Å². The Bertz CT molecular complexity index is 470. The van der Waals surface area contributed by atoms with E-state index in [1.165, 1.54) is 31.4 Å². The smallest absolute Gasteiger partial charge is 0.432 e. The summed E-state index contributed by atoms with van der Waals surface area (Å²) in [6, 6.07) is -0.627. The summed E-state index contributed by atoms with van der Waals surface area (Å²) in [7, 11) is 2.41. The Morgan fingerprint density at radius 3 is 2.67 bits per heavy atom. The van der Waals surface area contributed by atoms with Gasteiger partial charge in [0.15, 0.2) is 0 Å². The van der Waals surface area contributed by atoms with Crippen molar-refractivity contribution in [2.24, 2.45) is 0 Å². The van der Waals surface area contributed by atoms with E-state index in [1.54, 1.807) is 6.08 Å². The molecule has 0 spiro atoms. The van der Waals surface area contributed by atoms with E-state index in [-0.39, 0.29) is 5.57 Å². The zero-order valence-corrected chi connectivity index (χ0v) is 9.75. The Kier molecular flexibility index (Phi) is 3.02. The third-order valence-corrected chi connectivity index (χ3v) is 2.49. The number of hydrogen-bond donors (Lipinski definition) is 1. The maximum Gasteiger partial charge on any atom is 0.432 e. The van der Waals surface area contributed by atoms with Gasteiger partial charge in [0.05, 0.1) is 19.8 Å². The molecule has 0 radical (unpaired) electrons. The van der Waals surface area contributed by atoms with Gasteiger partial charge in [-0.15, -0.1) is 0 Å². The summed E-state index contributed by atoms with van der Waals surface area (Å²) in [6.45, 7) is 0. The molecule has 96 valence electrons. The lowest BCUT2D eigenvalue weighted by Crippen LogP contribution is -2.41. The van der Waals surface area contributed by atoms with Crippen molar-refractivity contribution in [2.45, 2.75) is 6.17 Å². The van der Waals surface area contributed by atoms with Crippen LogP contribution in [0.1, 0.15) is 0 Å². The van der Waals surface area contributed by atoms with Gasteiger partial charge < -0.3 is 9.47 Å². The molecule has 1 saturated heterocycles. The fourth-order valence-corrected chi connectivity index (χ4v) is 1.60. The number of carbonyl (C=O) groups is 3. The number of hydrazine groups is 1. The van der Waals surface area contributed by atoms with Gasteiger partial charge in [-0.3, -0.25) is 4.90 Å². The van der Waals surface area contributed by atoms with Crippen molar-refractivity contribution < 1.29 is 23.9 Å². The number of nitrogens with one attached hydrogen (secondary N) is 1. The minimum atomic E-state index is -0.823. The number of carbonyl (C=O) groups excluding carboxylic acids is 3. The molecular formula is C10H11N3O5. The Morgan fingerprint density at radius 2 is 2.06 bits per heavy atom. The summed E-state index contributed by atoms with van der Waals surface area (Å²) >= 11 is 0. The second kappa shape index (κ2) is 4.49. The van der Waals surface area contributed by atoms with Crippen LogP contribution in [0.5, 0.6) is 0 Å². The molecule has 0 bridgehead atoms. The highest BCUT2D eigenvalue weighted by molar-refractivity contribution is 5.96. The molecule has 0 aliphatic carbocycles. The molecule has 2 aliphatic rings. The van der Waals surface area contributed by atoms with Crippen LogP contribution in [-0.2, 0) is 14.3 Å². The number of rotatable bonds is 1. The van der Waals surface area contributed by atoms with Crippen molar-refractivity contribution >= 4 is 18.1 Å². The highest BCUT2D eigenvalue weighted by Crippen LogP contribution is 2.20. The predicted octanol–water partition coefficient (Wildman–Crippen LogP) is -0.0522. The van der Waals surface area contributed by atoms with Crippen molar-refractivity contribution in [2.75, 3.05) is 14.2 Å². The third kappa shape index (κ3) is 1.82. The maximum atomic E-state index is 11.9. The number of urea groups is 1. The first kappa shape index (κ1) is 12.1. The van der Waals surface area contributed by atoms with E-state index in [0.29, 0.717) is 0 Å². The van der Waals surface area contributed by atoms with Crippen molar-refractivity contribution in [1.29, 1.82) is 0 Å². The molecule has 18 heavy (non-hydrogen) atoms. The number of hydrogen-bond acceptors (Lipinski definition) is 6. The van der Waals surface area contributed by atoms with Gasteiger partial charge in [0.1, 0.15) is 6.17 Å². The van der Waals surface area contributed by atoms with E-state index in [4.69, 9.17) is 0 Å². The van der Waals surface area contributed by atoms with Gasteiger partial charge in [-0.05, 0) is 12.2 Å². The summed E-state index contributed by atoms with van der Waals surface area (Å²) in [5.41, 5.74) is 2.84. The van der Waals surface area contributed by atoms with Crippen molar-refractivity contribution in [3.8, 4) is 0 Å². The second-order valence-corrected chi connectivity index (χ2v) is 3.50. The number of nitrogens with zero attached hydrogens (tertiary/aromatic N) is 2. The third-order valence-electron chi connectivity index (χ3n) is 2.49. The summed E-state index contributed by atoms with van der Waals surface area (Å²) in [6.07, 6.45) is 3.04. The Balaban J connectivity index is 2.22. The molecule has 3 amide bonds. The molecule has 0 aromatic heterocycles. The molecule has 2 heterocycles. The van der Waals surface area contributed by atoms with E-state index in [0.717, 1.165) is 5.01 Å². The average molecular weight is 253 g/mol. The first-order chi connectivity index (χ1) is 8.58. The number of fused-ring (bicyclic) bond motifs is 1. The van der Waals surface area contributed by atoms with Crippen LogP contribution in [0.2, 0.25) is 0 Å². The van der Waals surface area contributed by atoms with Crippen LogP contribution in [0.3, 0.4) is 0 Å². The monoisotopic (exact) mass is 253 g/mol. The molecule has 1 fully saturated rings. The highest BCUT2D eigenvalue weighted by atomic mass is 16.6. The number of methoxy groups -OCH3 is 2. The number of ether oxygens (including phenoxy) is 2. The van der Waals surface area contributed by atoms with Gasteiger partial charge in [0.2, 0.25) is 0 Å². The molecule has 8 nitrogen and oxygen atoms in total. The minimum Gasteiger partial charge on any atom is -0.465 e. The van der Waals surface area contributed by atoms with Crippen molar-refractivity contribution in [3.05, 3.63) is 23.9 Å². The maximum absolute atomic E-state index is 11.9. The van der Waals surface area contributed by atoms with Gasteiger partial charge >= 0.3 is 18.1 Å². The standard InChI is InChI=1S/C10H11N3O5/c1-17-8(14)6-3-4-7-11-13(10(16)18-2)9(15)12(7)5-6/h3-5,7,11H,1-2H3. The first-order valence-corrected chi connectivity index (χ1v) is 5.03. The van der Waals surface area contributed by atoms with Crippen molar-refractivity contribution in [3.63, 3.8) is 0 Å². The minimum absolute atomic E-state index is 0.218. The molecule has 8 heteroatoms. The quantitative estimate of drug-likeness (QED) is 0.659. The molecule has 2 rings (SSSR count). The summed E-state index contributed by atoms with van der Waals surface area (Å²) in [5, 5.41) is 0.728. The zero-order chi connectivity index (χ0) is 13.3. The van der Waals surface area contributed by atoms with Gasteiger partial charge in [0.25, 0.3) is 0 Å². The molecule has 2 aliphatic heterocycles. The van der Waals surface area contributed by atoms with Gasteiger partial charge in [0, 0.05) is 6.20 Å². The van der Waals surface area contributed by atoms with Crippen LogP contribution in [0.25, 0.3) is 0 Å². The number of imide groups is 1. The fraction of sp³-hybridized carbons (Fsp3) is 0.300. The first-order valence-electron chi connectivity index (χ1n) is 5.03. The van der Waals surface area contributed by atoms with Crippen LogP contribution in [0.15, 0.2) is 23.9 Å². The zero-order valence-electron chi connectivity index (χ0n) is 9.75.